The molecular formula is C27H39N7OS2. The Morgan fingerprint density at radius 1 is 1.22 bits per heavy atom. The third-order valence-corrected chi connectivity index (χ3v) is 9.59. The molecule has 3 aromatic rings. The summed E-state index contributed by atoms with van der Waals surface area (Å²) in [6.45, 7) is 13.9. The minimum absolute atomic E-state index is 0.0642. The van der Waals surface area contributed by atoms with Crippen LogP contribution in [0.5, 0.6) is 0 Å². The summed E-state index contributed by atoms with van der Waals surface area (Å²) < 4.78 is 0. The van der Waals surface area contributed by atoms with Gasteiger partial charge in [-0.2, -0.15) is 5.21 Å². The van der Waals surface area contributed by atoms with Gasteiger partial charge in [0.15, 0.2) is 5.82 Å². The lowest BCUT2D eigenvalue weighted by molar-refractivity contribution is 0.0967. The zero-order valence-corrected chi connectivity index (χ0v) is 24.1. The van der Waals surface area contributed by atoms with Crippen molar-refractivity contribution in [2.75, 3.05) is 13.6 Å². The molecule has 0 aliphatic heterocycles. The number of aryl methyl sites for hydroxylation is 2. The predicted octanol–water partition coefficient (Wildman–Crippen LogP) is 4.41. The van der Waals surface area contributed by atoms with Gasteiger partial charge in [0.05, 0.1) is 10.3 Å². The number of aromatic nitrogens is 4. The number of carbonyl (C=O) groups excluding carboxylic acids is 1. The normalized spacial score (nSPS) is 19.3. The van der Waals surface area contributed by atoms with Crippen LogP contribution in [0, 0.1) is 5.92 Å². The Morgan fingerprint density at radius 3 is 2.70 bits per heavy atom. The van der Waals surface area contributed by atoms with Gasteiger partial charge in [-0.3, -0.25) is 4.79 Å². The van der Waals surface area contributed by atoms with E-state index in [-0.39, 0.29) is 11.9 Å². The summed E-state index contributed by atoms with van der Waals surface area (Å²) in [4.78, 5) is 15.9. The Balaban J connectivity index is 1.63. The molecule has 37 heavy (non-hydrogen) atoms. The van der Waals surface area contributed by atoms with Gasteiger partial charge in [-0.05, 0) is 74.1 Å². The molecule has 4 atom stereocenters. The molecule has 1 aliphatic carbocycles. The highest BCUT2D eigenvalue weighted by atomic mass is 32.1. The maximum atomic E-state index is 12.6. The molecule has 0 aromatic carbocycles. The van der Waals surface area contributed by atoms with E-state index in [2.05, 4.69) is 82.3 Å². The lowest BCUT2D eigenvalue weighted by Gasteiger charge is -2.34. The third kappa shape index (κ3) is 5.81. The van der Waals surface area contributed by atoms with Gasteiger partial charge in [0.1, 0.15) is 0 Å². The first kappa shape index (κ1) is 27.5. The molecule has 0 spiro atoms. The van der Waals surface area contributed by atoms with Crippen LogP contribution in [0.3, 0.4) is 0 Å². The van der Waals surface area contributed by atoms with E-state index in [9.17, 15) is 4.79 Å². The molecule has 4 N–H and O–H groups in total. The van der Waals surface area contributed by atoms with Crippen molar-refractivity contribution in [1.29, 1.82) is 0 Å². The van der Waals surface area contributed by atoms with Gasteiger partial charge in [0.25, 0.3) is 5.91 Å². The van der Waals surface area contributed by atoms with Gasteiger partial charge < -0.3 is 16.0 Å². The topological polar surface area (TPSA) is 108 Å². The first-order valence-corrected chi connectivity index (χ1v) is 14.8. The van der Waals surface area contributed by atoms with Crippen LogP contribution >= 0.6 is 22.7 Å². The number of H-pyrrole nitrogens is 1. The SMILES string of the molecule is C=C(CN[C@H](C)CC1(c2nn[nH]n2)c2ccsc2CCc2sc(C(=O)NC)cc21)NC(C)C[C@@H](C)CC. The van der Waals surface area contributed by atoms with E-state index in [1.54, 1.807) is 29.7 Å². The monoisotopic (exact) mass is 541 g/mol. The van der Waals surface area contributed by atoms with E-state index in [4.69, 9.17) is 0 Å². The van der Waals surface area contributed by atoms with Crippen molar-refractivity contribution < 1.29 is 4.79 Å². The van der Waals surface area contributed by atoms with Crippen molar-refractivity contribution in [2.24, 2.45) is 5.92 Å². The van der Waals surface area contributed by atoms with Gasteiger partial charge >= 0.3 is 0 Å². The lowest BCUT2D eigenvalue weighted by atomic mass is 9.70. The number of hydrogen-bond acceptors (Lipinski definition) is 8. The van der Waals surface area contributed by atoms with Gasteiger partial charge in [0, 0.05) is 41.1 Å². The number of rotatable bonds is 12. The average Bonchev–Trinajstić information content (AvgIpc) is 3.64. The van der Waals surface area contributed by atoms with Gasteiger partial charge in [0.2, 0.25) is 0 Å². The van der Waals surface area contributed by atoms with E-state index in [1.165, 1.54) is 21.7 Å². The zero-order chi connectivity index (χ0) is 26.6. The Hall–Kier alpha value is -2.56. The first-order chi connectivity index (χ1) is 17.8. The first-order valence-electron chi connectivity index (χ1n) is 13.1. The fourth-order valence-corrected chi connectivity index (χ4v) is 7.59. The van der Waals surface area contributed by atoms with Crippen molar-refractivity contribution in [3.05, 3.63) is 61.4 Å². The molecule has 10 heteroatoms. The summed E-state index contributed by atoms with van der Waals surface area (Å²) in [5.74, 6) is 1.27. The standard InChI is InChI=1S/C27H39N7OS2/c1-7-16(2)12-17(3)30-19(5)15-29-18(4)14-27(26-31-33-34-32-26)20-10-11-36-22(20)8-9-23-21(27)13-24(37-23)25(35)28-6/h10-11,13,16-18,29-30H,5,7-9,12,14-15H2,1-4,6H3,(H,28,35)(H,31,32,33,34)/t16-,17?,18+,27?/m0/s1. The second kappa shape index (κ2) is 11.9. The highest BCUT2D eigenvalue weighted by Crippen LogP contribution is 2.49. The smallest absolute Gasteiger partial charge is 0.261 e. The van der Waals surface area contributed by atoms with Crippen molar-refractivity contribution in [1.82, 2.24) is 36.6 Å². The number of amides is 1. The molecular weight excluding hydrogens is 502 g/mol. The Labute approximate surface area is 227 Å². The van der Waals surface area contributed by atoms with Gasteiger partial charge in [-0.25, -0.2) is 0 Å². The number of fused-ring (bicyclic) bond motifs is 2. The number of hydrogen-bond donors (Lipinski definition) is 4. The summed E-state index contributed by atoms with van der Waals surface area (Å²) in [6.07, 6.45) is 4.86. The van der Waals surface area contributed by atoms with Crippen molar-refractivity contribution in [3.8, 4) is 0 Å². The van der Waals surface area contributed by atoms with E-state index >= 15 is 0 Å². The summed E-state index contributed by atoms with van der Waals surface area (Å²) >= 11 is 3.36. The summed E-state index contributed by atoms with van der Waals surface area (Å²) in [6, 6.07) is 4.75. The van der Waals surface area contributed by atoms with Crippen LogP contribution in [0.2, 0.25) is 0 Å². The molecule has 1 amide bonds. The van der Waals surface area contributed by atoms with Crippen LogP contribution < -0.4 is 16.0 Å². The maximum Gasteiger partial charge on any atom is 0.261 e. The van der Waals surface area contributed by atoms with Crippen LogP contribution in [0.25, 0.3) is 0 Å². The molecule has 0 bridgehead atoms. The number of nitrogens with one attached hydrogen (secondary N) is 4. The number of thiophene rings is 2. The summed E-state index contributed by atoms with van der Waals surface area (Å²) in [5, 5.41) is 27.9. The molecule has 2 unspecified atom stereocenters. The average molecular weight is 542 g/mol. The molecule has 0 saturated carbocycles. The maximum absolute atomic E-state index is 12.6. The number of tetrazole rings is 1. The molecule has 0 saturated heterocycles. The second-order valence-corrected chi connectivity index (χ2v) is 12.4. The van der Waals surface area contributed by atoms with Crippen LogP contribution in [0.4, 0.5) is 0 Å². The Bertz CT molecular complexity index is 1200. The molecule has 3 aromatic heterocycles. The molecule has 200 valence electrons. The van der Waals surface area contributed by atoms with Crippen molar-refractivity contribution in [2.45, 2.75) is 77.3 Å². The minimum atomic E-state index is -0.609. The van der Waals surface area contributed by atoms with Crippen LogP contribution in [-0.2, 0) is 18.3 Å². The van der Waals surface area contributed by atoms with Crippen LogP contribution in [0.15, 0.2) is 29.8 Å². The molecule has 8 nitrogen and oxygen atoms in total. The molecule has 3 heterocycles. The van der Waals surface area contributed by atoms with Crippen molar-refractivity contribution >= 4 is 28.6 Å². The van der Waals surface area contributed by atoms with E-state index in [0.717, 1.165) is 36.9 Å². The van der Waals surface area contributed by atoms with E-state index in [1.807, 2.05) is 6.07 Å². The highest BCUT2D eigenvalue weighted by Gasteiger charge is 2.47. The lowest BCUT2D eigenvalue weighted by Crippen LogP contribution is -2.41. The Morgan fingerprint density at radius 2 is 2.00 bits per heavy atom. The van der Waals surface area contributed by atoms with Crippen LogP contribution in [-0.4, -0.2) is 52.2 Å². The quantitative estimate of drug-likeness (QED) is 0.271. The fraction of sp³-hybridized carbons (Fsp3) is 0.556. The second-order valence-electron chi connectivity index (χ2n) is 10.3. The highest BCUT2D eigenvalue weighted by molar-refractivity contribution is 7.14. The van der Waals surface area contributed by atoms with Crippen molar-refractivity contribution in [3.63, 3.8) is 0 Å². The molecule has 4 rings (SSSR count). The predicted molar refractivity (Wildman–Crippen MR) is 151 cm³/mol. The van der Waals surface area contributed by atoms with Gasteiger partial charge in [-0.1, -0.05) is 32.1 Å². The van der Waals surface area contributed by atoms with E-state index in [0.29, 0.717) is 29.2 Å². The van der Waals surface area contributed by atoms with E-state index < -0.39 is 5.41 Å². The zero-order valence-electron chi connectivity index (χ0n) is 22.5. The number of carbonyl (C=O) groups is 1. The Kier molecular flexibility index (Phi) is 8.82. The molecule has 0 fully saturated rings. The summed E-state index contributed by atoms with van der Waals surface area (Å²) in [5.41, 5.74) is 2.71. The largest absolute Gasteiger partial charge is 0.385 e. The molecule has 1 aliphatic rings. The fourth-order valence-electron chi connectivity index (χ4n) is 5.45. The summed E-state index contributed by atoms with van der Waals surface area (Å²) in [7, 11) is 1.67. The number of nitrogens with zero attached hydrogens (tertiary/aromatic N) is 3. The number of aromatic amines is 1. The van der Waals surface area contributed by atoms with Gasteiger partial charge in [-0.15, -0.1) is 32.9 Å². The third-order valence-electron chi connectivity index (χ3n) is 7.41. The molecule has 0 radical (unpaired) electrons. The minimum Gasteiger partial charge on any atom is -0.385 e. The van der Waals surface area contributed by atoms with Crippen LogP contribution in [0.1, 0.15) is 83.3 Å².